The molecule has 46 heavy (non-hydrogen) atoms. The average Bonchev–Trinajstić information content (AvgIpc) is 3.73. The summed E-state index contributed by atoms with van der Waals surface area (Å²) in [7, 11) is 3.69. The number of carbonyl (C=O) groups is 1. The fourth-order valence-corrected chi connectivity index (χ4v) is 6.95. The molecule has 1 fully saturated rings. The van der Waals surface area contributed by atoms with Crippen LogP contribution in [-0.4, -0.2) is 90.4 Å². The van der Waals surface area contributed by atoms with E-state index >= 15 is 0 Å². The molecule has 1 aliphatic heterocycles. The number of rotatable bonds is 12. The van der Waals surface area contributed by atoms with Crippen molar-refractivity contribution in [3.63, 3.8) is 0 Å². The Labute approximate surface area is 276 Å². The van der Waals surface area contributed by atoms with Gasteiger partial charge >= 0.3 is 5.97 Å². The van der Waals surface area contributed by atoms with Crippen LogP contribution in [0.2, 0.25) is 5.02 Å². The molecule has 1 saturated heterocycles. The van der Waals surface area contributed by atoms with Gasteiger partial charge in [-0.05, 0) is 54.9 Å². The summed E-state index contributed by atoms with van der Waals surface area (Å²) < 4.78 is 23.6. The van der Waals surface area contributed by atoms with Crippen molar-refractivity contribution >= 4 is 39.1 Å². The fraction of sp³-hybridized carbons (Fsp3) is 0.324. The Morgan fingerprint density at radius 3 is 2.63 bits per heavy atom. The molecule has 1 aliphatic rings. The van der Waals surface area contributed by atoms with Crippen molar-refractivity contribution < 1.29 is 28.5 Å². The number of carboxylic acids is 1. The van der Waals surface area contributed by atoms with E-state index in [2.05, 4.69) is 26.8 Å². The summed E-state index contributed by atoms with van der Waals surface area (Å²) in [5.74, 6) is 0.845. The van der Waals surface area contributed by atoms with Crippen LogP contribution in [0.3, 0.4) is 0 Å². The highest BCUT2D eigenvalue weighted by molar-refractivity contribution is 7.22. The normalized spacial score (nSPS) is 14.8. The van der Waals surface area contributed by atoms with Gasteiger partial charge in [0.15, 0.2) is 0 Å². The Bertz CT molecular complexity index is 1820. The van der Waals surface area contributed by atoms with Gasteiger partial charge in [0.2, 0.25) is 12.0 Å². The standard InChI is InChI=1S/C34H35ClN4O6S/c1-21-23(10-11-25(30(21)35)44-18-16-39-14-12-38(2)13-15-39)28-29-32(36-20-37-33(29)46-31(28)26-9-6-17-43-26)45-27(34(40)41)19-22-7-4-5-8-24(22)42-3/h4-11,17,20,27H,12-16,18-19H2,1-3H3,(H,40,41)/t27-/m1/s1. The van der Waals surface area contributed by atoms with Gasteiger partial charge in [0, 0.05) is 44.7 Å². The minimum Gasteiger partial charge on any atom is -0.496 e. The van der Waals surface area contributed by atoms with E-state index < -0.39 is 12.1 Å². The zero-order valence-corrected chi connectivity index (χ0v) is 27.4. The average molecular weight is 663 g/mol. The summed E-state index contributed by atoms with van der Waals surface area (Å²) in [6, 6.07) is 14.8. The number of nitrogens with zero attached hydrogens (tertiary/aromatic N) is 4. The number of piperazine rings is 1. The number of ether oxygens (including phenoxy) is 3. The van der Waals surface area contributed by atoms with E-state index in [1.54, 1.807) is 19.4 Å². The summed E-state index contributed by atoms with van der Waals surface area (Å²) >= 11 is 8.36. The topological polar surface area (TPSA) is 110 Å². The van der Waals surface area contributed by atoms with Gasteiger partial charge in [-0.1, -0.05) is 35.9 Å². The van der Waals surface area contributed by atoms with Crippen LogP contribution in [0.5, 0.6) is 17.4 Å². The molecule has 10 nitrogen and oxygen atoms in total. The lowest BCUT2D eigenvalue weighted by atomic mass is 9.97. The molecule has 4 heterocycles. The first-order chi connectivity index (χ1) is 22.3. The number of aromatic nitrogens is 2. The lowest BCUT2D eigenvalue weighted by molar-refractivity contribution is -0.145. The van der Waals surface area contributed by atoms with Crippen LogP contribution >= 0.6 is 22.9 Å². The van der Waals surface area contributed by atoms with E-state index in [1.807, 2.05) is 49.4 Å². The first kappa shape index (κ1) is 31.8. The van der Waals surface area contributed by atoms with Gasteiger partial charge < -0.3 is 28.6 Å². The second-order valence-corrected chi connectivity index (χ2v) is 12.5. The summed E-state index contributed by atoms with van der Waals surface area (Å²) in [5.41, 5.74) is 3.06. The molecule has 1 N–H and O–H groups in total. The first-order valence-electron chi connectivity index (χ1n) is 15.0. The highest BCUT2D eigenvalue weighted by Crippen LogP contribution is 2.49. The van der Waals surface area contributed by atoms with Gasteiger partial charge in [-0.15, -0.1) is 11.3 Å². The fourth-order valence-electron chi connectivity index (χ4n) is 5.62. The molecule has 12 heteroatoms. The van der Waals surface area contributed by atoms with E-state index in [-0.39, 0.29) is 12.3 Å². The molecule has 0 spiro atoms. The van der Waals surface area contributed by atoms with E-state index in [9.17, 15) is 9.90 Å². The van der Waals surface area contributed by atoms with Gasteiger partial charge in [-0.3, -0.25) is 4.90 Å². The Morgan fingerprint density at radius 1 is 1.09 bits per heavy atom. The van der Waals surface area contributed by atoms with E-state index in [0.717, 1.165) is 54.3 Å². The third kappa shape index (κ3) is 6.68. The largest absolute Gasteiger partial charge is 0.496 e. The minimum absolute atomic E-state index is 0.0698. The Kier molecular flexibility index (Phi) is 9.74. The second-order valence-electron chi connectivity index (χ2n) is 11.1. The number of methoxy groups -OCH3 is 1. The number of likely N-dealkylation sites (N-methyl/N-ethyl adjacent to an activating group) is 1. The van der Waals surface area contributed by atoms with Crippen LogP contribution in [0.1, 0.15) is 11.1 Å². The molecule has 2 aromatic carbocycles. The lowest BCUT2D eigenvalue weighted by Crippen LogP contribution is -2.45. The van der Waals surface area contributed by atoms with Crippen molar-refractivity contribution in [2.24, 2.45) is 0 Å². The van der Waals surface area contributed by atoms with Crippen LogP contribution in [0.15, 0.2) is 65.5 Å². The first-order valence-corrected chi connectivity index (χ1v) is 16.2. The summed E-state index contributed by atoms with van der Waals surface area (Å²) in [4.78, 5) is 27.6. The smallest absolute Gasteiger partial charge is 0.345 e. The molecule has 0 unspecified atom stereocenters. The number of carboxylic acid groups (broad SMARTS) is 1. The third-order valence-corrected chi connectivity index (χ3v) is 9.79. The second kappa shape index (κ2) is 14.1. The maximum atomic E-state index is 12.5. The molecule has 0 radical (unpaired) electrons. The summed E-state index contributed by atoms with van der Waals surface area (Å²) in [6.07, 6.45) is 1.82. The van der Waals surface area contributed by atoms with Crippen molar-refractivity contribution in [1.29, 1.82) is 0 Å². The molecule has 6 rings (SSSR count). The van der Waals surface area contributed by atoms with Crippen LogP contribution in [0.25, 0.3) is 32.0 Å². The maximum absolute atomic E-state index is 12.5. The van der Waals surface area contributed by atoms with Crippen LogP contribution in [0, 0.1) is 6.92 Å². The number of hydrogen-bond acceptors (Lipinski definition) is 10. The Morgan fingerprint density at radius 2 is 1.89 bits per heavy atom. The van der Waals surface area contributed by atoms with Crippen molar-refractivity contribution in [2.75, 3.05) is 53.5 Å². The predicted octanol–water partition coefficient (Wildman–Crippen LogP) is 6.29. The van der Waals surface area contributed by atoms with Crippen LogP contribution < -0.4 is 14.2 Å². The Balaban J connectivity index is 1.36. The van der Waals surface area contributed by atoms with Crippen molar-refractivity contribution in [3.8, 4) is 39.1 Å². The van der Waals surface area contributed by atoms with Crippen LogP contribution in [0.4, 0.5) is 0 Å². The van der Waals surface area contributed by atoms with E-state index in [0.29, 0.717) is 44.7 Å². The van der Waals surface area contributed by atoms with Crippen molar-refractivity contribution in [1.82, 2.24) is 19.8 Å². The van der Waals surface area contributed by atoms with Gasteiger partial charge in [-0.2, -0.15) is 0 Å². The number of para-hydroxylation sites is 1. The van der Waals surface area contributed by atoms with Crippen LogP contribution in [-0.2, 0) is 11.2 Å². The van der Waals surface area contributed by atoms with Gasteiger partial charge in [0.1, 0.15) is 35.0 Å². The van der Waals surface area contributed by atoms with Crippen molar-refractivity contribution in [2.45, 2.75) is 19.4 Å². The Hall–Kier alpha value is -4.16. The molecular weight excluding hydrogens is 628 g/mol. The SMILES string of the molecule is COc1ccccc1C[C@@H](Oc1ncnc2sc(-c3ccco3)c(-c3ccc(OCCN4CCN(C)CC4)c(Cl)c3C)c12)C(=O)O. The van der Waals surface area contributed by atoms with E-state index in [1.165, 1.54) is 17.7 Å². The quantitative estimate of drug-likeness (QED) is 0.164. The van der Waals surface area contributed by atoms with Crippen molar-refractivity contribution in [3.05, 3.63) is 77.3 Å². The molecule has 5 aromatic rings. The molecule has 3 aromatic heterocycles. The highest BCUT2D eigenvalue weighted by Gasteiger charge is 2.28. The number of aliphatic carboxylic acids is 1. The number of thiophene rings is 1. The summed E-state index contributed by atoms with van der Waals surface area (Å²) in [6.45, 7) is 7.40. The number of fused-ring (bicyclic) bond motifs is 1. The number of furan rings is 1. The zero-order valence-electron chi connectivity index (χ0n) is 25.9. The van der Waals surface area contributed by atoms with E-state index in [4.69, 9.17) is 30.2 Å². The third-order valence-electron chi connectivity index (χ3n) is 8.21. The molecule has 1 atom stereocenters. The van der Waals surface area contributed by atoms with Gasteiger partial charge in [0.05, 0.1) is 28.7 Å². The molecule has 0 amide bonds. The van der Waals surface area contributed by atoms with Gasteiger partial charge in [-0.25, -0.2) is 14.8 Å². The highest BCUT2D eigenvalue weighted by atomic mass is 35.5. The number of halogens is 1. The molecular formula is C34H35ClN4O6S. The monoisotopic (exact) mass is 662 g/mol. The lowest BCUT2D eigenvalue weighted by Gasteiger charge is -2.32. The molecule has 0 bridgehead atoms. The molecule has 240 valence electrons. The maximum Gasteiger partial charge on any atom is 0.345 e. The predicted molar refractivity (Wildman–Crippen MR) is 178 cm³/mol. The zero-order chi connectivity index (χ0) is 32.2. The summed E-state index contributed by atoms with van der Waals surface area (Å²) in [5, 5.41) is 11.3. The molecule has 0 aliphatic carbocycles. The molecule has 0 saturated carbocycles. The minimum atomic E-state index is -1.24. The number of hydrogen-bond donors (Lipinski definition) is 1. The number of benzene rings is 2. The van der Waals surface area contributed by atoms with Gasteiger partial charge in [0.25, 0.3) is 0 Å².